The van der Waals surface area contributed by atoms with Crippen molar-refractivity contribution in [3.63, 3.8) is 0 Å². The Bertz CT molecular complexity index is 992. The van der Waals surface area contributed by atoms with Gasteiger partial charge in [-0.2, -0.15) is 0 Å². The molecule has 12 heteroatoms. The molecule has 0 aliphatic carbocycles. The summed E-state index contributed by atoms with van der Waals surface area (Å²) in [6.45, 7) is 0.172. The fraction of sp³-hybridized carbons (Fsp3) is 0.368. The molecular weight excluding hydrogens is 410 g/mol. The zero-order chi connectivity index (χ0) is 22.9. The maximum absolute atomic E-state index is 13.0. The summed E-state index contributed by atoms with van der Waals surface area (Å²) in [5.74, 6) is -2.61. The standard InChI is InChI=1S/C19H21N5O7/c1-22(8-9-23(2)19(30)31)18(29)20-11-5-3-4-10-14(11)17(28)24(16(10)27)12-6-7-13(25)21-15(12)26/h3-5,12H,6-9H2,1-2H3,(H,20,29)(H,30,31)(H,21,25,26). The maximum Gasteiger partial charge on any atom is 0.407 e. The predicted molar refractivity (Wildman–Crippen MR) is 105 cm³/mol. The lowest BCUT2D eigenvalue weighted by Crippen LogP contribution is -2.54. The third-order valence-electron chi connectivity index (χ3n) is 5.15. The average Bonchev–Trinajstić information content (AvgIpc) is 2.97. The van der Waals surface area contributed by atoms with Gasteiger partial charge in [0.25, 0.3) is 11.8 Å². The van der Waals surface area contributed by atoms with E-state index in [0.29, 0.717) is 0 Å². The number of likely N-dealkylation sites (N-methyl/N-ethyl adjacent to an activating group) is 2. The van der Waals surface area contributed by atoms with Crippen molar-refractivity contribution in [1.29, 1.82) is 0 Å². The fourth-order valence-electron chi connectivity index (χ4n) is 3.33. The first-order valence-corrected chi connectivity index (χ1v) is 9.42. The number of hydrogen-bond acceptors (Lipinski definition) is 6. The number of nitrogens with zero attached hydrogens (tertiary/aromatic N) is 3. The topological polar surface area (TPSA) is 156 Å². The largest absolute Gasteiger partial charge is 0.465 e. The summed E-state index contributed by atoms with van der Waals surface area (Å²) < 4.78 is 0. The molecule has 1 fully saturated rings. The highest BCUT2D eigenvalue weighted by molar-refractivity contribution is 6.26. The number of nitrogens with one attached hydrogen (secondary N) is 2. The van der Waals surface area contributed by atoms with E-state index in [1.165, 1.54) is 37.2 Å². The highest BCUT2D eigenvalue weighted by atomic mass is 16.4. The molecule has 1 unspecified atom stereocenters. The van der Waals surface area contributed by atoms with Gasteiger partial charge in [0, 0.05) is 33.6 Å². The zero-order valence-corrected chi connectivity index (χ0v) is 16.9. The van der Waals surface area contributed by atoms with Crippen molar-refractivity contribution in [3.8, 4) is 0 Å². The van der Waals surface area contributed by atoms with Gasteiger partial charge in [0.2, 0.25) is 11.8 Å². The van der Waals surface area contributed by atoms with Gasteiger partial charge >= 0.3 is 12.1 Å². The Kier molecular flexibility index (Phi) is 5.90. The van der Waals surface area contributed by atoms with Gasteiger partial charge < -0.3 is 20.2 Å². The Hall–Kier alpha value is -3.96. The summed E-state index contributed by atoms with van der Waals surface area (Å²) in [6, 6.07) is 2.65. The van der Waals surface area contributed by atoms with Crippen LogP contribution in [0.3, 0.4) is 0 Å². The van der Waals surface area contributed by atoms with Crippen LogP contribution in [0.5, 0.6) is 0 Å². The fourth-order valence-corrected chi connectivity index (χ4v) is 3.33. The average molecular weight is 431 g/mol. The molecule has 31 heavy (non-hydrogen) atoms. The Morgan fingerprint density at radius 1 is 1.13 bits per heavy atom. The SMILES string of the molecule is CN(CCN(C)C(=O)Nc1cccc2c1C(=O)N(C1CCC(=O)NC1=O)C2=O)C(=O)O. The lowest BCUT2D eigenvalue weighted by molar-refractivity contribution is -0.136. The van der Waals surface area contributed by atoms with Gasteiger partial charge in [0.15, 0.2) is 0 Å². The Labute approximate surface area is 176 Å². The van der Waals surface area contributed by atoms with Crippen LogP contribution in [0.15, 0.2) is 18.2 Å². The van der Waals surface area contributed by atoms with Crippen LogP contribution in [-0.4, -0.2) is 88.8 Å². The highest BCUT2D eigenvalue weighted by Crippen LogP contribution is 2.32. The third kappa shape index (κ3) is 4.17. The summed E-state index contributed by atoms with van der Waals surface area (Å²) in [6.07, 6.45) is -1.10. The van der Waals surface area contributed by atoms with E-state index in [-0.39, 0.29) is 42.7 Å². The second-order valence-electron chi connectivity index (χ2n) is 7.23. The summed E-state index contributed by atoms with van der Waals surface area (Å²) in [7, 11) is 2.82. The Morgan fingerprint density at radius 2 is 1.81 bits per heavy atom. The third-order valence-corrected chi connectivity index (χ3v) is 5.15. The second kappa shape index (κ2) is 8.42. The number of carbonyl (C=O) groups excluding carboxylic acids is 5. The van der Waals surface area contributed by atoms with Crippen LogP contribution in [-0.2, 0) is 9.59 Å². The molecule has 3 N–H and O–H groups in total. The van der Waals surface area contributed by atoms with Crippen molar-refractivity contribution in [2.24, 2.45) is 0 Å². The van der Waals surface area contributed by atoms with E-state index in [9.17, 15) is 28.8 Å². The van der Waals surface area contributed by atoms with E-state index in [2.05, 4.69) is 10.6 Å². The minimum Gasteiger partial charge on any atom is -0.465 e. The summed E-state index contributed by atoms with van der Waals surface area (Å²) in [4.78, 5) is 75.8. The van der Waals surface area contributed by atoms with E-state index in [1.807, 2.05) is 0 Å². The van der Waals surface area contributed by atoms with Gasteiger partial charge in [0.1, 0.15) is 6.04 Å². The minimum atomic E-state index is -1.13. The Balaban J connectivity index is 1.77. The molecule has 1 saturated heterocycles. The molecule has 1 aromatic carbocycles. The normalized spacial score (nSPS) is 17.9. The number of rotatable bonds is 5. The predicted octanol–water partition coefficient (Wildman–Crippen LogP) is 0.161. The number of urea groups is 1. The lowest BCUT2D eigenvalue weighted by Gasteiger charge is -2.27. The molecular formula is C19H21N5O7. The smallest absolute Gasteiger partial charge is 0.407 e. The molecule has 1 aromatic rings. The van der Waals surface area contributed by atoms with Crippen LogP contribution < -0.4 is 10.6 Å². The number of anilines is 1. The first-order valence-electron chi connectivity index (χ1n) is 9.42. The number of imide groups is 2. The van der Waals surface area contributed by atoms with Gasteiger partial charge in [-0.1, -0.05) is 6.07 Å². The second-order valence-corrected chi connectivity index (χ2v) is 7.23. The Morgan fingerprint density at radius 3 is 2.45 bits per heavy atom. The van der Waals surface area contributed by atoms with E-state index in [4.69, 9.17) is 5.11 Å². The molecule has 7 amide bonds. The van der Waals surface area contributed by atoms with E-state index in [0.717, 1.165) is 9.80 Å². The van der Waals surface area contributed by atoms with Gasteiger partial charge in [0.05, 0.1) is 16.8 Å². The van der Waals surface area contributed by atoms with Crippen molar-refractivity contribution < 1.29 is 33.9 Å². The number of hydrogen-bond donors (Lipinski definition) is 3. The molecule has 12 nitrogen and oxygen atoms in total. The van der Waals surface area contributed by atoms with E-state index in [1.54, 1.807) is 0 Å². The number of carbonyl (C=O) groups is 6. The maximum atomic E-state index is 13.0. The molecule has 0 radical (unpaired) electrons. The van der Waals surface area contributed by atoms with Crippen LogP contribution in [0.2, 0.25) is 0 Å². The van der Waals surface area contributed by atoms with Crippen LogP contribution in [0.1, 0.15) is 33.6 Å². The zero-order valence-electron chi connectivity index (χ0n) is 16.9. The van der Waals surface area contributed by atoms with Crippen molar-refractivity contribution in [1.82, 2.24) is 20.0 Å². The molecule has 0 bridgehead atoms. The molecule has 0 saturated carbocycles. The van der Waals surface area contributed by atoms with Crippen molar-refractivity contribution in [2.75, 3.05) is 32.5 Å². The quantitative estimate of drug-likeness (QED) is 0.561. The van der Waals surface area contributed by atoms with Gasteiger partial charge in [-0.05, 0) is 18.6 Å². The summed E-state index contributed by atoms with van der Waals surface area (Å²) in [5, 5.41) is 13.6. The number of amides is 7. The number of carboxylic acid groups (broad SMARTS) is 1. The number of benzene rings is 1. The summed E-state index contributed by atoms with van der Waals surface area (Å²) in [5.41, 5.74) is 0.0939. The molecule has 0 aromatic heterocycles. The number of fused-ring (bicyclic) bond motifs is 1. The molecule has 164 valence electrons. The van der Waals surface area contributed by atoms with E-state index >= 15 is 0 Å². The van der Waals surface area contributed by atoms with Gasteiger partial charge in [-0.15, -0.1) is 0 Å². The molecule has 1 atom stereocenters. The summed E-state index contributed by atoms with van der Waals surface area (Å²) >= 11 is 0. The molecule has 3 rings (SSSR count). The van der Waals surface area contributed by atoms with Crippen molar-refractivity contribution in [3.05, 3.63) is 29.3 Å². The monoisotopic (exact) mass is 431 g/mol. The molecule has 2 aliphatic heterocycles. The van der Waals surface area contributed by atoms with Crippen LogP contribution in [0.25, 0.3) is 0 Å². The molecule has 2 heterocycles. The highest BCUT2D eigenvalue weighted by Gasteiger charge is 2.45. The van der Waals surface area contributed by atoms with E-state index < -0.39 is 41.8 Å². The molecule has 2 aliphatic rings. The molecule has 0 spiro atoms. The lowest BCUT2D eigenvalue weighted by atomic mass is 10.0. The minimum absolute atomic E-state index is 0.00297. The first kappa shape index (κ1) is 21.7. The van der Waals surface area contributed by atoms with Crippen LogP contribution in [0.4, 0.5) is 15.3 Å². The van der Waals surface area contributed by atoms with Gasteiger partial charge in [-0.3, -0.25) is 29.4 Å². The van der Waals surface area contributed by atoms with Crippen LogP contribution >= 0.6 is 0 Å². The van der Waals surface area contributed by atoms with Crippen molar-refractivity contribution >= 4 is 41.4 Å². The first-order chi connectivity index (χ1) is 14.6. The van der Waals surface area contributed by atoms with Crippen molar-refractivity contribution in [2.45, 2.75) is 18.9 Å². The van der Waals surface area contributed by atoms with Crippen LogP contribution in [0, 0.1) is 0 Å². The van der Waals surface area contributed by atoms with Gasteiger partial charge in [-0.25, -0.2) is 9.59 Å². The number of piperidine rings is 1.